The molecule has 0 bridgehead atoms. The van der Waals surface area contributed by atoms with Crippen LogP contribution in [0.5, 0.6) is 0 Å². The summed E-state index contributed by atoms with van der Waals surface area (Å²) in [6.07, 6.45) is 2.66. The van der Waals surface area contributed by atoms with Gasteiger partial charge in [-0.1, -0.05) is 5.16 Å². The third kappa shape index (κ3) is 1.71. The number of aromatic nitrogens is 2. The predicted molar refractivity (Wildman–Crippen MR) is 74.4 cm³/mol. The van der Waals surface area contributed by atoms with Crippen LogP contribution in [0, 0.1) is 6.92 Å². The summed E-state index contributed by atoms with van der Waals surface area (Å²) in [5.74, 6) is 1.66. The molecule has 3 aromatic rings. The number of fused-ring (bicyclic) bond motifs is 1. The van der Waals surface area contributed by atoms with E-state index in [2.05, 4.69) is 27.6 Å². The number of nitrogens with zero attached hydrogens (tertiary/aromatic N) is 2. The highest BCUT2D eigenvalue weighted by Gasteiger charge is 2.17. The van der Waals surface area contributed by atoms with E-state index < -0.39 is 0 Å². The van der Waals surface area contributed by atoms with Crippen LogP contribution in [-0.2, 0) is 6.42 Å². The fraction of sp³-hybridized carbons (Fsp3) is 0.200. The molecular weight excluding hydrogens is 254 g/mol. The van der Waals surface area contributed by atoms with Crippen LogP contribution in [0.3, 0.4) is 0 Å². The van der Waals surface area contributed by atoms with Gasteiger partial charge in [0, 0.05) is 17.8 Å². The third-order valence-corrected chi connectivity index (χ3v) is 3.55. The van der Waals surface area contributed by atoms with Crippen molar-refractivity contribution < 1.29 is 8.94 Å². The van der Waals surface area contributed by atoms with Crippen molar-refractivity contribution in [2.45, 2.75) is 13.3 Å². The van der Waals surface area contributed by atoms with Gasteiger partial charge in [0.05, 0.1) is 6.26 Å². The summed E-state index contributed by atoms with van der Waals surface area (Å²) in [6, 6.07) is 8.02. The van der Waals surface area contributed by atoms with Gasteiger partial charge in [0.15, 0.2) is 5.76 Å². The van der Waals surface area contributed by atoms with Gasteiger partial charge in [0.1, 0.15) is 0 Å². The zero-order chi connectivity index (χ0) is 13.5. The molecule has 0 unspecified atom stereocenters. The number of nitrogens with one attached hydrogen (secondary N) is 1. The molecule has 4 rings (SSSR count). The molecular formula is C15H13N3O2. The smallest absolute Gasteiger partial charge is 0.258 e. The van der Waals surface area contributed by atoms with Gasteiger partial charge in [-0.3, -0.25) is 0 Å². The molecule has 1 aliphatic rings. The highest BCUT2D eigenvalue weighted by Crippen LogP contribution is 2.29. The molecule has 20 heavy (non-hydrogen) atoms. The van der Waals surface area contributed by atoms with Crippen LogP contribution < -0.4 is 5.32 Å². The summed E-state index contributed by atoms with van der Waals surface area (Å²) < 4.78 is 10.7. The summed E-state index contributed by atoms with van der Waals surface area (Å²) in [7, 11) is 0. The Morgan fingerprint density at radius 3 is 3.05 bits per heavy atom. The Labute approximate surface area is 115 Å². The SMILES string of the molecule is Cc1ccoc1-c1noc(-c2ccc3c(c2)CCN3)n1. The van der Waals surface area contributed by atoms with Gasteiger partial charge in [0.25, 0.3) is 5.89 Å². The van der Waals surface area contributed by atoms with Gasteiger partial charge in [0.2, 0.25) is 5.82 Å². The van der Waals surface area contributed by atoms with Gasteiger partial charge in [-0.05, 0) is 48.7 Å². The minimum atomic E-state index is 0.487. The molecule has 100 valence electrons. The molecule has 2 aromatic heterocycles. The molecule has 1 aliphatic heterocycles. The van der Waals surface area contributed by atoms with E-state index in [0.29, 0.717) is 17.5 Å². The topological polar surface area (TPSA) is 64.1 Å². The van der Waals surface area contributed by atoms with Crippen LogP contribution in [0.15, 0.2) is 39.5 Å². The van der Waals surface area contributed by atoms with Crippen molar-refractivity contribution in [3.8, 4) is 23.0 Å². The Kier molecular flexibility index (Phi) is 2.39. The first kappa shape index (κ1) is 11.3. The molecule has 0 spiro atoms. The van der Waals surface area contributed by atoms with Crippen molar-refractivity contribution in [3.63, 3.8) is 0 Å². The van der Waals surface area contributed by atoms with Crippen molar-refractivity contribution in [3.05, 3.63) is 41.7 Å². The summed E-state index contributed by atoms with van der Waals surface area (Å²) >= 11 is 0. The lowest BCUT2D eigenvalue weighted by molar-refractivity contribution is 0.429. The number of furan rings is 1. The highest BCUT2D eigenvalue weighted by molar-refractivity contribution is 5.66. The second-order valence-electron chi connectivity index (χ2n) is 4.90. The van der Waals surface area contributed by atoms with Gasteiger partial charge >= 0.3 is 0 Å². The largest absolute Gasteiger partial charge is 0.461 e. The monoisotopic (exact) mass is 267 g/mol. The van der Waals surface area contributed by atoms with E-state index in [9.17, 15) is 0 Å². The third-order valence-electron chi connectivity index (χ3n) is 3.55. The quantitative estimate of drug-likeness (QED) is 0.772. The molecule has 0 aliphatic carbocycles. The van der Waals surface area contributed by atoms with Gasteiger partial charge in [-0.15, -0.1) is 0 Å². The number of aryl methyl sites for hydroxylation is 1. The van der Waals surface area contributed by atoms with Crippen LogP contribution in [0.2, 0.25) is 0 Å². The van der Waals surface area contributed by atoms with E-state index >= 15 is 0 Å². The Balaban J connectivity index is 1.73. The zero-order valence-electron chi connectivity index (χ0n) is 11.0. The average molecular weight is 267 g/mol. The molecule has 0 fully saturated rings. The Morgan fingerprint density at radius 1 is 1.25 bits per heavy atom. The lowest BCUT2D eigenvalue weighted by Gasteiger charge is -2.00. The second kappa shape index (κ2) is 4.23. The van der Waals surface area contributed by atoms with E-state index in [4.69, 9.17) is 8.94 Å². The second-order valence-corrected chi connectivity index (χ2v) is 4.90. The number of hydrogen-bond donors (Lipinski definition) is 1. The molecule has 1 N–H and O–H groups in total. The Hall–Kier alpha value is -2.56. The molecule has 3 heterocycles. The molecule has 0 amide bonds. The first-order chi connectivity index (χ1) is 9.81. The van der Waals surface area contributed by atoms with E-state index in [-0.39, 0.29) is 0 Å². The van der Waals surface area contributed by atoms with Crippen molar-refractivity contribution >= 4 is 5.69 Å². The predicted octanol–water partition coefficient (Wildman–Crippen LogP) is 3.27. The molecule has 1 aromatic carbocycles. The summed E-state index contributed by atoms with van der Waals surface area (Å²) in [6.45, 7) is 2.94. The Bertz CT molecular complexity index is 773. The number of rotatable bonds is 2. The van der Waals surface area contributed by atoms with Crippen LogP contribution in [-0.4, -0.2) is 16.7 Å². The molecule has 5 heteroatoms. The maximum absolute atomic E-state index is 5.38. The summed E-state index contributed by atoms with van der Waals surface area (Å²) in [5.41, 5.74) is 4.41. The minimum absolute atomic E-state index is 0.487. The number of benzene rings is 1. The van der Waals surface area contributed by atoms with Crippen molar-refractivity contribution in [1.82, 2.24) is 10.1 Å². The molecule has 0 saturated carbocycles. The fourth-order valence-electron chi connectivity index (χ4n) is 2.47. The molecule has 5 nitrogen and oxygen atoms in total. The van der Waals surface area contributed by atoms with E-state index in [0.717, 1.165) is 24.1 Å². The lowest BCUT2D eigenvalue weighted by Crippen LogP contribution is -1.90. The highest BCUT2D eigenvalue weighted by atomic mass is 16.5. The van der Waals surface area contributed by atoms with Crippen LogP contribution in [0.25, 0.3) is 23.0 Å². The minimum Gasteiger partial charge on any atom is -0.461 e. The average Bonchev–Trinajstić information content (AvgIpc) is 3.17. The van der Waals surface area contributed by atoms with Crippen molar-refractivity contribution in [1.29, 1.82) is 0 Å². The molecule has 0 saturated heterocycles. The number of anilines is 1. The molecule has 0 radical (unpaired) electrons. The maximum atomic E-state index is 5.38. The van der Waals surface area contributed by atoms with Crippen LogP contribution in [0.4, 0.5) is 5.69 Å². The van der Waals surface area contributed by atoms with E-state index in [1.807, 2.05) is 19.1 Å². The Morgan fingerprint density at radius 2 is 2.20 bits per heavy atom. The first-order valence-electron chi connectivity index (χ1n) is 6.56. The lowest BCUT2D eigenvalue weighted by atomic mass is 10.1. The summed E-state index contributed by atoms with van der Waals surface area (Å²) in [4.78, 5) is 4.42. The van der Waals surface area contributed by atoms with Crippen LogP contribution >= 0.6 is 0 Å². The van der Waals surface area contributed by atoms with E-state index in [1.165, 1.54) is 11.3 Å². The standard InChI is InChI=1S/C15H13N3O2/c1-9-5-7-19-13(9)14-17-15(20-18-14)11-2-3-12-10(8-11)4-6-16-12/h2-3,5,7-8,16H,4,6H2,1H3. The fourth-order valence-corrected chi connectivity index (χ4v) is 2.47. The van der Waals surface area contributed by atoms with Crippen molar-refractivity contribution in [2.24, 2.45) is 0 Å². The number of hydrogen-bond acceptors (Lipinski definition) is 5. The van der Waals surface area contributed by atoms with Crippen LogP contribution in [0.1, 0.15) is 11.1 Å². The normalized spacial score (nSPS) is 13.2. The van der Waals surface area contributed by atoms with Gasteiger partial charge in [-0.2, -0.15) is 4.98 Å². The first-order valence-corrected chi connectivity index (χ1v) is 6.56. The van der Waals surface area contributed by atoms with Gasteiger partial charge < -0.3 is 14.3 Å². The van der Waals surface area contributed by atoms with Crippen molar-refractivity contribution in [2.75, 3.05) is 11.9 Å². The maximum Gasteiger partial charge on any atom is 0.258 e. The van der Waals surface area contributed by atoms with Gasteiger partial charge in [-0.25, -0.2) is 0 Å². The van der Waals surface area contributed by atoms with E-state index in [1.54, 1.807) is 6.26 Å². The zero-order valence-corrected chi connectivity index (χ0v) is 11.0. The molecule has 0 atom stereocenters. The summed E-state index contributed by atoms with van der Waals surface area (Å²) in [5, 5.41) is 7.33.